The minimum Gasteiger partial charge on any atom is -0.396 e. The van der Waals surface area contributed by atoms with Gasteiger partial charge in [0.2, 0.25) is 0 Å². The monoisotopic (exact) mass is 268 g/mol. The number of anilines is 1. The molecule has 1 amide bonds. The van der Waals surface area contributed by atoms with Crippen molar-refractivity contribution >= 4 is 11.6 Å². The molecule has 0 unspecified atom stereocenters. The maximum Gasteiger partial charge on any atom is 0.251 e. The molecule has 0 bridgehead atoms. The van der Waals surface area contributed by atoms with Crippen molar-refractivity contribution in [3.05, 3.63) is 29.6 Å². The van der Waals surface area contributed by atoms with Crippen LogP contribution in [0.3, 0.4) is 0 Å². The van der Waals surface area contributed by atoms with Crippen LogP contribution in [-0.4, -0.2) is 36.4 Å². The van der Waals surface area contributed by atoms with Crippen LogP contribution in [0.4, 0.5) is 10.1 Å². The maximum atomic E-state index is 13.0. The topological polar surface area (TPSA) is 84.6 Å². The number of amides is 1. The Morgan fingerprint density at radius 3 is 2.79 bits per heavy atom. The van der Waals surface area contributed by atoms with Crippen molar-refractivity contribution in [3.8, 4) is 0 Å². The minimum atomic E-state index is -0.931. The van der Waals surface area contributed by atoms with Crippen molar-refractivity contribution in [1.82, 2.24) is 5.32 Å². The predicted molar refractivity (Wildman–Crippen MR) is 68.1 cm³/mol. The number of halogens is 1. The Bertz CT molecular complexity index is 473. The van der Waals surface area contributed by atoms with Crippen LogP contribution in [0.5, 0.6) is 0 Å². The SMILES string of the molecule is Nc1cc(C(=O)NCC2(O)CCOCC2)ccc1F. The molecule has 0 saturated carbocycles. The lowest BCUT2D eigenvalue weighted by Gasteiger charge is -2.32. The normalized spacial score (nSPS) is 18.0. The molecule has 1 aliphatic heterocycles. The van der Waals surface area contributed by atoms with Crippen molar-refractivity contribution in [1.29, 1.82) is 0 Å². The van der Waals surface area contributed by atoms with Crippen molar-refractivity contribution < 1.29 is 19.0 Å². The summed E-state index contributed by atoms with van der Waals surface area (Å²) >= 11 is 0. The number of carbonyl (C=O) groups is 1. The van der Waals surface area contributed by atoms with E-state index in [2.05, 4.69) is 5.32 Å². The van der Waals surface area contributed by atoms with Crippen LogP contribution in [0.25, 0.3) is 0 Å². The molecule has 0 radical (unpaired) electrons. The van der Waals surface area contributed by atoms with Gasteiger partial charge < -0.3 is 20.9 Å². The number of hydrogen-bond donors (Lipinski definition) is 3. The Hall–Kier alpha value is -1.66. The van der Waals surface area contributed by atoms with Crippen molar-refractivity contribution in [2.45, 2.75) is 18.4 Å². The number of nitrogen functional groups attached to an aromatic ring is 1. The molecule has 0 aliphatic carbocycles. The summed E-state index contributed by atoms with van der Waals surface area (Å²) in [5, 5.41) is 12.8. The lowest BCUT2D eigenvalue weighted by Crippen LogP contribution is -2.46. The maximum absolute atomic E-state index is 13.0. The third kappa shape index (κ3) is 3.42. The van der Waals surface area contributed by atoms with E-state index in [1.807, 2.05) is 0 Å². The van der Waals surface area contributed by atoms with Crippen LogP contribution in [0.15, 0.2) is 18.2 Å². The molecule has 1 aliphatic rings. The quantitative estimate of drug-likeness (QED) is 0.704. The van der Waals surface area contributed by atoms with Crippen LogP contribution < -0.4 is 11.1 Å². The summed E-state index contributed by atoms with van der Waals surface area (Å²) in [6.07, 6.45) is 0.970. The second kappa shape index (κ2) is 5.54. The zero-order valence-corrected chi connectivity index (χ0v) is 10.5. The lowest BCUT2D eigenvalue weighted by atomic mass is 9.94. The van der Waals surface area contributed by atoms with Crippen LogP contribution in [0.1, 0.15) is 23.2 Å². The Kier molecular flexibility index (Phi) is 4.01. The fourth-order valence-corrected chi connectivity index (χ4v) is 1.96. The van der Waals surface area contributed by atoms with Crippen LogP contribution in [0.2, 0.25) is 0 Å². The molecule has 6 heteroatoms. The fraction of sp³-hybridized carbons (Fsp3) is 0.462. The molecule has 0 aromatic heterocycles. The number of nitrogens with one attached hydrogen (secondary N) is 1. The Morgan fingerprint density at radius 1 is 1.47 bits per heavy atom. The highest BCUT2D eigenvalue weighted by atomic mass is 19.1. The van der Waals surface area contributed by atoms with Crippen molar-refractivity contribution in [2.75, 3.05) is 25.5 Å². The smallest absolute Gasteiger partial charge is 0.251 e. The summed E-state index contributed by atoms with van der Waals surface area (Å²) in [6, 6.07) is 3.78. The number of benzene rings is 1. The first-order valence-corrected chi connectivity index (χ1v) is 6.13. The van der Waals surface area contributed by atoms with Gasteiger partial charge in [-0.05, 0) is 18.2 Å². The van der Waals surface area contributed by atoms with Gasteiger partial charge in [-0.25, -0.2) is 4.39 Å². The Labute approximate surface area is 110 Å². The minimum absolute atomic E-state index is 0.0718. The van der Waals surface area contributed by atoms with E-state index >= 15 is 0 Å². The molecule has 19 heavy (non-hydrogen) atoms. The summed E-state index contributed by atoms with van der Waals surface area (Å²) in [7, 11) is 0. The lowest BCUT2D eigenvalue weighted by molar-refractivity contribution is -0.0605. The molecule has 104 valence electrons. The van der Waals surface area contributed by atoms with Crippen LogP contribution in [0, 0.1) is 5.82 Å². The van der Waals surface area contributed by atoms with E-state index in [9.17, 15) is 14.3 Å². The molecular weight excluding hydrogens is 251 g/mol. The van der Waals surface area contributed by atoms with E-state index in [1.54, 1.807) is 0 Å². The molecule has 2 rings (SSSR count). The average molecular weight is 268 g/mol. The van der Waals surface area contributed by atoms with E-state index in [0.29, 0.717) is 26.1 Å². The van der Waals surface area contributed by atoms with E-state index in [0.717, 1.165) is 6.07 Å². The van der Waals surface area contributed by atoms with Gasteiger partial charge in [0.15, 0.2) is 0 Å². The Morgan fingerprint density at radius 2 is 2.16 bits per heavy atom. The molecule has 1 saturated heterocycles. The number of nitrogens with two attached hydrogens (primary N) is 1. The summed E-state index contributed by atoms with van der Waals surface area (Å²) in [5.74, 6) is -0.939. The zero-order chi connectivity index (χ0) is 13.9. The molecule has 4 N–H and O–H groups in total. The van der Waals surface area contributed by atoms with E-state index in [-0.39, 0.29) is 23.7 Å². The highest BCUT2D eigenvalue weighted by Crippen LogP contribution is 2.19. The molecule has 0 atom stereocenters. The number of ether oxygens (including phenoxy) is 1. The largest absolute Gasteiger partial charge is 0.396 e. The summed E-state index contributed by atoms with van der Waals surface area (Å²) < 4.78 is 18.1. The first kappa shape index (κ1) is 13.8. The summed E-state index contributed by atoms with van der Waals surface area (Å²) in [4.78, 5) is 11.9. The van der Waals surface area contributed by atoms with Gasteiger partial charge in [-0.2, -0.15) is 0 Å². The predicted octanol–water partition coefficient (Wildman–Crippen LogP) is 0.679. The van der Waals surface area contributed by atoms with Gasteiger partial charge in [0, 0.05) is 38.2 Å². The molecule has 0 spiro atoms. The first-order chi connectivity index (χ1) is 9.00. The molecule has 1 aromatic rings. The van der Waals surface area contributed by atoms with Gasteiger partial charge in [0.25, 0.3) is 5.91 Å². The van der Waals surface area contributed by atoms with E-state index < -0.39 is 11.4 Å². The zero-order valence-electron chi connectivity index (χ0n) is 10.5. The average Bonchev–Trinajstić information content (AvgIpc) is 2.40. The van der Waals surface area contributed by atoms with Gasteiger partial charge in [-0.1, -0.05) is 0 Å². The van der Waals surface area contributed by atoms with Crippen LogP contribution in [-0.2, 0) is 4.74 Å². The van der Waals surface area contributed by atoms with Gasteiger partial charge in [-0.15, -0.1) is 0 Å². The van der Waals surface area contributed by atoms with Gasteiger partial charge in [0.1, 0.15) is 5.82 Å². The molecule has 5 nitrogen and oxygen atoms in total. The van der Waals surface area contributed by atoms with Gasteiger partial charge >= 0.3 is 0 Å². The number of rotatable bonds is 3. The number of carbonyl (C=O) groups excluding carboxylic acids is 1. The molecule has 1 fully saturated rings. The summed E-state index contributed by atoms with van der Waals surface area (Å²) in [5.41, 5.74) is 4.67. The van der Waals surface area contributed by atoms with Crippen LogP contribution >= 0.6 is 0 Å². The third-order valence-corrected chi connectivity index (χ3v) is 3.26. The molecule has 1 aromatic carbocycles. The summed E-state index contributed by atoms with van der Waals surface area (Å²) in [6.45, 7) is 1.11. The second-order valence-corrected chi connectivity index (χ2v) is 4.76. The number of aliphatic hydroxyl groups is 1. The highest BCUT2D eigenvalue weighted by Gasteiger charge is 2.30. The standard InChI is InChI=1S/C13H17FN2O3/c14-10-2-1-9(7-11(10)15)12(17)16-8-13(18)3-5-19-6-4-13/h1-2,7,18H,3-6,8,15H2,(H,16,17). The van der Waals surface area contributed by atoms with E-state index in [4.69, 9.17) is 10.5 Å². The van der Waals surface area contributed by atoms with Gasteiger partial charge in [-0.3, -0.25) is 4.79 Å². The molecular formula is C13H17FN2O3. The fourth-order valence-electron chi connectivity index (χ4n) is 1.96. The van der Waals surface area contributed by atoms with Crippen molar-refractivity contribution in [2.24, 2.45) is 0 Å². The third-order valence-electron chi connectivity index (χ3n) is 3.26. The molecule has 1 heterocycles. The van der Waals surface area contributed by atoms with Gasteiger partial charge in [0.05, 0.1) is 11.3 Å². The first-order valence-electron chi connectivity index (χ1n) is 6.13. The number of hydrogen-bond acceptors (Lipinski definition) is 4. The highest BCUT2D eigenvalue weighted by molar-refractivity contribution is 5.95. The van der Waals surface area contributed by atoms with E-state index in [1.165, 1.54) is 12.1 Å². The van der Waals surface area contributed by atoms with Crippen molar-refractivity contribution in [3.63, 3.8) is 0 Å². The Balaban J connectivity index is 1.95. The second-order valence-electron chi connectivity index (χ2n) is 4.76.